The maximum atomic E-state index is 11.4. The van der Waals surface area contributed by atoms with Gasteiger partial charge in [0.05, 0.1) is 11.3 Å². The maximum Gasteiger partial charge on any atom is 0.337 e. The van der Waals surface area contributed by atoms with Gasteiger partial charge in [-0.15, -0.1) is 0 Å². The van der Waals surface area contributed by atoms with Gasteiger partial charge >= 0.3 is 5.97 Å². The summed E-state index contributed by atoms with van der Waals surface area (Å²) in [6, 6.07) is 5.58. The van der Waals surface area contributed by atoms with Crippen LogP contribution in [0.5, 0.6) is 0 Å². The normalized spacial score (nSPS) is 21.4. The Morgan fingerprint density at radius 3 is 2.40 bits per heavy atom. The molecule has 3 rings (SSSR count). The standard InChI is InChI=1S/C17H23NO2/c1-13-5-4-6-14(16(19)20)15(13)18-11-9-17(10-12-18)7-2-3-8-17/h4-6H,2-3,7-12H2,1H3,(H,19,20). The Kier molecular flexibility index (Phi) is 3.45. The second-order valence-corrected chi connectivity index (χ2v) is 6.47. The van der Waals surface area contributed by atoms with Crippen LogP contribution in [0.1, 0.15) is 54.4 Å². The fourth-order valence-electron chi connectivity index (χ4n) is 4.08. The van der Waals surface area contributed by atoms with Crippen LogP contribution in [-0.2, 0) is 0 Å². The molecule has 2 fully saturated rings. The number of carboxylic acid groups (broad SMARTS) is 1. The van der Waals surface area contributed by atoms with E-state index in [2.05, 4.69) is 4.90 Å². The van der Waals surface area contributed by atoms with E-state index in [9.17, 15) is 9.90 Å². The van der Waals surface area contributed by atoms with Crippen molar-refractivity contribution >= 4 is 11.7 Å². The predicted octanol–water partition coefficient (Wildman–Crippen LogP) is 3.85. The van der Waals surface area contributed by atoms with Gasteiger partial charge in [-0.1, -0.05) is 25.0 Å². The quantitative estimate of drug-likeness (QED) is 0.889. The molecule has 2 aliphatic rings. The first kappa shape index (κ1) is 13.5. The molecule has 3 heteroatoms. The minimum absolute atomic E-state index is 0.451. The van der Waals surface area contributed by atoms with E-state index >= 15 is 0 Å². The maximum absolute atomic E-state index is 11.4. The van der Waals surface area contributed by atoms with Gasteiger partial charge in [-0.2, -0.15) is 0 Å². The van der Waals surface area contributed by atoms with Crippen molar-refractivity contribution < 1.29 is 9.90 Å². The Morgan fingerprint density at radius 2 is 1.80 bits per heavy atom. The van der Waals surface area contributed by atoms with E-state index in [1.54, 1.807) is 6.07 Å². The number of anilines is 1. The summed E-state index contributed by atoms with van der Waals surface area (Å²) < 4.78 is 0. The van der Waals surface area contributed by atoms with E-state index < -0.39 is 5.97 Å². The van der Waals surface area contributed by atoms with Crippen molar-refractivity contribution in [3.8, 4) is 0 Å². The lowest BCUT2D eigenvalue weighted by molar-refractivity contribution is 0.0697. The minimum Gasteiger partial charge on any atom is -0.478 e. The van der Waals surface area contributed by atoms with Gasteiger partial charge in [0.15, 0.2) is 0 Å². The Hall–Kier alpha value is -1.51. The lowest BCUT2D eigenvalue weighted by Gasteiger charge is -2.41. The molecule has 0 amide bonds. The van der Waals surface area contributed by atoms with Crippen molar-refractivity contribution in [3.63, 3.8) is 0 Å². The molecule has 0 bridgehead atoms. The van der Waals surface area contributed by atoms with Crippen LogP contribution in [0.4, 0.5) is 5.69 Å². The zero-order valence-corrected chi connectivity index (χ0v) is 12.2. The van der Waals surface area contributed by atoms with Crippen LogP contribution in [0.3, 0.4) is 0 Å². The van der Waals surface area contributed by atoms with Gasteiger partial charge in [0.25, 0.3) is 0 Å². The molecular formula is C17H23NO2. The Balaban J connectivity index is 1.83. The Morgan fingerprint density at radius 1 is 1.15 bits per heavy atom. The smallest absolute Gasteiger partial charge is 0.337 e. The number of aryl methyl sites for hydroxylation is 1. The zero-order chi connectivity index (χ0) is 14.2. The van der Waals surface area contributed by atoms with E-state index in [0.29, 0.717) is 11.0 Å². The molecule has 3 nitrogen and oxygen atoms in total. The summed E-state index contributed by atoms with van der Waals surface area (Å²) >= 11 is 0. The molecule has 0 radical (unpaired) electrons. The number of nitrogens with zero attached hydrogens (tertiary/aromatic N) is 1. The summed E-state index contributed by atoms with van der Waals surface area (Å²) in [5, 5.41) is 9.40. The van der Waals surface area contributed by atoms with Gasteiger partial charge in [0, 0.05) is 13.1 Å². The van der Waals surface area contributed by atoms with Gasteiger partial charge in [0.1, 0.15) is 0 Å². The highest BCUT2D eigenvalue weighted by Crippen LogP contribution is 2.47. The molecule has 20 heavy (non-hydrogen) atoms. The van der Waals surface area contributed by atoms with Crippen LogP contribution >= 0.6 is 0 Å². The van der Waals surface area contributed by atoms with Crippen molar-refractivity contribution in [2.24, 2.45) is 5.41 Å². The van der Waals surface area contributed by atoms with E-state index in [4.69, 9.17) is 0 Å². The largest absolute Gasteiger partial charge is 0.478 e. The number of aromatic carboxylic acids is 1. The summed E-state index contributed by atoms with van der Waals surface area (Å²) in [5.74, 6) is -0.815. The molecule has 0 atom stereocenters. The van der Waals surface area contributed by atoms with Crippen LogP contribution in [0.2, 0.25) is 0 Å². The average Bonchev–Trinajstić information content (AvgIpc) is 2.88. The summed E-state index contributed by atoms with van der Waals surface area (Å²) in [4.78, 5) is 13.7. The highest BCUT2D eigenvalue weighted by molar-refractivity contribution is 5.95. The lowest BCUT2D eigenvalue weighted by Crippen LogP contribution is -2.39. The highest BCUT2D eigenvalue weighted by Gasteiger charge is 2.37. The molecular weight excluding hydrogens is 250 g/mol. The van der Waals surface area contributed by atoms with Crippen molar-refractivity contribution in [1.82, 2.24) is 0 Å². The number of carboxylic acids is 1. The molecule has 0 aromatic heterocycles. The monoisotopic (exact) mass is 273 g/mol. The molecule has 1 N–H and O–H groups in total. The number of piperidine rings is 1. The summed E-state index contributed by atoms with van der Waals surface area (Å²) in [5.41, 5.74) is 3.04. The third kappa shape index (κ3) is 2.30. The van der Waals surface area contributed by atoms with E-state index in [1.807, 2.05) is 19.1 Å². The SMILES string of the molecule is Cc1cccc(C(=O)O)c1N1CCC2(CCCC2)CC1. The van der Waals surface area contributed by atoms with Crippen LogP contribution in [0.15, 0.2) is 18.2 Å². The van der Waals surface area contributed by atoms with Crippen molar-refractivity contribution in [2.45, 2.75) is 45.4 Å². The van der Waals surface area contributed by atoms with Gasteiger partial charge < -0.3 is 10.0 Å². The van der Waals surface area contributed by atoms with E-state index in [1.165, 1.54) is 38.5 Å². The summed E-state index contributed by atoms with van der Waals surface area (Å²) in [6.45, 7) is 4.03. The molecule has 1 saturated heterocycles. The van der Waals surface area contributed by atoms with Gasteiger partial charge in [-0.3, -0.25) is 0 Å². The first-order chi connectivity index (χ1) is 9.61. The Bertz CT molecular complexity index is 508. The zero-order valence-electron chi connectivity index (χ0n) is 12.2. The number of benzene rings is 1. The van der Waals surface area contributed by atoms with E-state index in [-0.39, 0.29) is 0 Å². The fourth-order valence-corrected chi connectivity index (χ4v) is 4.08. The third-order valence-electron chi connectivity index (χ3n) is 5.27. The average molecular weight is 273 g/mol. The molecule has 1 aromatic rings. The lowest BCUT2D eigenvalue weighted by atomic mass is 9.77. The van der Waals surface area contributed by atoms with Crippen LogP contribution in [0.25, 0.3) is 0 Å². The fraction of sp³-hybridized carbons (Fsp3) is 0.588. The van der Waals surface area contributed by atoms with E-state index in [0.717, 1.165) is 24.3 Å². The van der Waals surface area contributed by atoms with Gasteiger partial charge in [0.2, 0.25) is 0 Å². The topological polar surface area (TPSA) is 40.5 Å². The van der Waals surface area contributed by atoms with Crippen molar-refractivity contribution in [1.29, 1.82) is 0 Å². The second-order valence-electron chi connectivity index (χ2n) is 6.47. The predicted molar refractivity (Wildman–Crippen MR) is 80.5 cm³/mol. The molecule has 1 spiro atoms. The van der Waals surface area contributed by atoms with Crippen LogP contribution in [0, 0.1) is 12.3 Å². The van der Waals surface area contributed by atoms with Crippen molar-refractivity contribution in [2.75, 3.05) is 18.0 Å². The van der Waals surface area contributed by atoms with Gasteiger partial charge in [-0.05, 0) is 49.7 Å². The number of hydrogen-bond acceptors (Lipinski definition) is 2. The first-order valence-corrected chi connectivity index (χ1v) is 7.69. The Labute approximate surface area is 120 Å². The third-order valence-corrected chi connectivity index (χ3v) is 5.27. The molecule has 1 aliphatic heterocycles. The molecule has 108 valence electrons. The van der Waals surface area contributed by atoms with Crippen molar-refractivity contribution in [3.05, 3.63) is 29.3 Å². The highest BCUT2D eigenvalue weighted by atomic mass is 16.4. The summed E-state index contributed by atoms with van der Waals surface area (Å²) in [7, 11) is 0. The molecule has 1 aliphatic carbocycles. The number of rotatable bonds is 2. The molecule has 0 unspecified atom stereocenters. The minimum atomic E-state index is -0.815. The number of carbonyl (C=O) groups is 1. The number of hydrogen-bond donors (Lipinski definition) is 1. The summed E-state index contributed by atoms with van der Waals surface area (Å²) in [6.07, 6.45) is 7.96. The second kappa shape index (κ2) is 5.12. The molecule has 1 heterocycles. The van der Waals surface area contributed by atoms with Gasteiger partial charge in [-0.25, -0.2) is 4.79 Å². The molecule has 1 aromatic carbocycles. The van der Waals surface area contributed by atoms with Crippen LogP contribution < -0.4 is 4.90 Å². The first-order valence-electron chi connectivity index (χ1n) is 7.69. The number of para-hydroxylation sites is 1. The van der Waals surface area contributed by atoms with Crippen LogP contribution in [-0.4, -0.2) is 24.2 Å². The molecule has 1 saturated carbocycles.